The average molecular weight is 403 g/mol. The smallest absolute Gasteiger partial charge is 0.276 e. The fourth-order valence-corrected chi connectivity index (χ4v) is 5.21. The Kier molecular flexibility index (Phi) is 5.50. The van der Waals surface area contributed by atoms with E-state index < -0.39 is 0 Å². The average Bonchev–Trinajstić information content (AvgIpc) is 3.32. The normalized spacial score (nSPS) is 19.4. The molecule has 3 heterocycles. The second kappa shape index (κ2) is 8.05. The van der Waals surface area contributed by atoms with Crippen LogP contribution in [-0.2, 0) is 24.1 Å². The highest BCUT2D eigenvalue weighted by Crippen LogP contribution is 2.40. The maximum atomic E-state index is 13.3. The molecule has 0 radical (unpaired) electrons. The van der Waals surface area contributed by atoms with Gasteiger partial charge in [0, 0.05) is 30.7 Å². The number of carbonyl (C=O) groups is 2. The zero-order valence-corrected chi connectivity index (χ0v) is 17.2. The zero-order valence-electron chi connectivity index (χ0n) is 16.4. The summed E-state index contributed by atoms with van der Waals surface area (Å²) in [6.45, 7) is 7.22. The van der Waals surface area contributed by atoms with Crippen molar-refractivity contribution in [3.63, 3.8) is 0 Å². The number of hydrogen-bond donors (Lipinski definition) is 1. The molecule has 0 saturated carbocycles. The van der Waals surface area contributed by atoms with Crippen molar-refractivity contribution in [2.75, 3.05) is 31.6 Å². The fraction of sp³-hybridized carbons (Fsp3) is 0.550. The molecule has 8 heteroatoms. The van der Waals surface area contributed by atoms with E-state index in [1.807, 2.05) is 11.8 Å². The van der Waals surface area contributed by atoms with Gasteiger partial charge in [-0.05, 0) is 43.7 Å². The van der Waals surface area contributed by atoms with Gasteiger partial charge in [-0.3, -0.25) is 14.3 Å². The Hall–Kier alpha value is -2.19. The van der Waals surface area contributed by atoms with Crippen molar-refractivity contribution in [3.05, 3.63) is 34.0 Å². The van der Waals surface area contributed by atoms with Gasteiger partial charge in [-0.1, -0.05) is 6.92 Å². The van der Waals surface area contributed by atoms with Gasteiger partial charge >= 0.3 is 0 Å². The van der Waals surface area contributed by atoms with Crippen molar-refractivity contribution >= 4 is 28.2 Å². The first-order valence-electron chi connectivity index (χ1n) is 9.93. The van der Waals surface area contributed by atoms with Crippen molar-refractivity contribution in [1.29, 1.82) is 0 Å². The Morgan fingerprint density at radius 3 is 2.86 bits per heavy atom. The summed E-state index contributed by atoms with van der Waals surface area (Å²) in [6.07, 6.45) is 4.71. The molecule has 4 rings (SSSR count). The third-order valence-electron chi connectivity index (χ3n) is 5.45. The number of thiophene rings is 1. The zero-order chi connectivity index (χ0) is 19.7. The van der Waals surface area contributed by atoms with Crippen molar-refractivity contribution < 1.29 is 14.3 Å². The standard InChI is InChI=1S/C20H26N4O3S/c1-3-24-7-6-15(22-24)18(25)21-19-17(20(26)23-8-10-27-11-9-23)14-5-4-13(2)12-16(14)28-19/h6-7,13H,3-5,8-12H2,1-2H3,(H,21,25)/t13-/m0/s1. The van der Waals surface area contributed by atoms with E-state index in [2.05, 4.69) is 17.3 Å². The minimum absolute atomic E-state index is 0.00439. The summed E-state index contributed by atoms with van der Waals surface area (Å²) in [5, 5.41) is 7.92. The molecule has 1 aliphatic heterocycles. The van der Waals surface area contributed by atoms with E-state index >= 15 is 0 Å². The highest BCUT2D eigenvalue weighted by atomic mass is 32.1. The van der Waals surface area contributed by atoms with Gasteiger partial charge in [0.25, 0.3) is 11.8 Å². The van der Waals surface area contributed by atoms with Crippen LogP contribution in [0.3, 0.4) is 0 Å². The van der Waals surface area contributed by atoms with Crippen LogP contribution in [0, 0.1) is 5.92 Å². The highest BCUT2D eigenvalue weighted by molar-refractivity contribution is 7.17. The van der Waals surface area contributed by atoms with Gasteiger partial charge in [-0.2, -0.15) is 5.10 Å². The van der Waals surface area contributed by atoms with Crippen LogP contribution in [0.15, 0.2) is 12.3 Å². The van der Waals surface area contributed by atoms with E-state index in [0.717, 1.165) is 24.8 Å². The number of aryl methyl sites for hydroxylation is 1. The molecule has 2 amide bonds. The van der Waals surface area contributed by atoms with Crippen LogP contribution in [0.25, 0.3) is 0 Å². The number of carbonyl (C=O) groups excluding carboxylic acids is 2. The third kappa shape index (κ3) is 3.71. The van der Waals surface area contributed by atoms with Crippen molar-refractivity contribution in [1.82, 2.24) is 14.7 Å². The van der Waals surface area contributed by atoms with Gasteiger partial charge < -0.3 is 15.0 Å². The monoisotopic (exact) mass is 402 g/mol. The molecule has 0 aromatic carbocycles. The number of fused-ring (bicyclic) bond motifs is 1. The summed E-state index contributed by atoms with van der Waals surface area (Å²) >= 11 is 1.55. The summed E-state index contributed by atoms with van der Waals surface area (Å²) in [7, 11) is 0. The number of morpholine rings is 1. The number of nitrogens with one attached hydrogen (secondary N) is 1. The van der Waals surface area contributed by atoms with Crippen LogP contribution in [0.4, 0.5) is 5.00 Å². The number of rotatable bonds is 4. The Bertz CT molecular complexity index is 882. The maximum absolute atomic E-state index is 13.3. The van der Waals surface area contributed by atoms with Crippen LogP contribution in [0.5, 0.6) is 0 Å². The molecular formula is C20H26N4O3S. The third-order valence-corrected chi connectivity index (χ3v) is 6.62. The number of aromatic nitrogens is 2. The van der Waals surface area contributed by atoms with Gasteiger partial charge in [0.15, 0.2) is 5.69 Å². The molecule has 28 heavy (non-hydrogen) atoms. The number of ether oxygens (including phenoxy) is 1. The molecule has 0 spiro atoms. The molecule has 1 aliphatic carbocycles. The van der Waals surface area contributed by atoms with E-state index in [-0.39, 0.29) is 11.8 Å². The Labute approximate surface area is 168 Å². The quantitative estimate of drug-likeness (QED) is 0.853. The lowest BCUT2D eigenvalue weighted by Gasteiger charge is -2.28. The van der Waals surface area contributed by atoms with E-state index in [4.69, 9.17) is 4.74 Å². The van der Waals surface area contributed by atoms with Crippen LogP contribution >= 0.6 is 11.3 Å². The molecule has 0 bridgehead atoms. The molecule has 1 saturated heterocycles. The Morgan fingerprint density at radius 2 is 2.14 bits per heavy atom. The lowest BCUT2D eigenvalue weighted by molar-refractivity contribution is 0.0303. The Morgan fingerprint density at radius 1 is 1.36 bits per heavy atom. The molecule has 2 aromatic heterocycles. The summed E-state index contributed by atoms with van der Waals surface area (Å²) < 4.78 is 7.11. The van der Waals surface area contributed by atoms with Gasteiger partial charge in [-0.15, -0.1) is 11.3 Å². The molecule has 150 valence electrons. The molecule has 1 N–H and O–H groups in total. The molecule has 1 fully saturated rings. The first-order valence-corrected chi connectivity index (χ1v) is 10.7. The highest BCUT2D eigenvalue weighted by Gasteiger charge is 2.31. The molecule has 1 atom stereocenters. The Balaban J connectivity index is 1.65. The predicted molar refractivity (Wildman–Crippen MR) is 108 cm³/mol. The largest absolute Gasteiger partial charge is 0.378 e. The summed E-state index contributed by atoms with van der Waals surface area (Å²) in [5.74, 6) is 0.334. The lowest BCUT2D eigenvalue weighted by atomic mass is 9.88. The minimum atomic E-state index is -0.269. The minimum Gasteiger partial charge on any atom is -0.378 e. The topological polar surface area (TPSA) is 76.5 Å². The number of anilines is 1. The number of amides is 2. The molecule has 0 unspecified atom stereocenters. The molecule has 7 nitrogen and oxygen atoms in total. The maximum Gasteiger partial charge on any atom is 0.276 e. The second-order valence-corrected chi connectivity index (χ2v) is 8.58. The lowest BCUT2D eigenvalue weighted by Crippen LogP contribution is -2.41. The number of hydrogen-bond acceptors (Lipinski definition) is 5. The molecule has 2 aromatic rings. The van der Waals surface area contributed by atoms with E-state index in [1.165, 1.54) is 4.88 Å². The van der Waals surface area contributed by atoms with Gasteiger partial charge in [0.1, 0.15) is 5.00 Å². The second-order valence-electron chi connectivity index (χ2n) is 7.47. The summed E-state index contributed by atoms with van der Waals surface area (Å²) in [6, 6.07) is 1.71. The van der Waals surface area contributed by atoms with Gasteiger partial charge in [-0.25, -0.2) is 0 Å². The summed E-state index contributed by atoms with van der Waals surface area (Å²) in [5.41, 5.74) is 2.16. The SMILES string of the molecule is CCn1ccc(C(=O)Nc2sc3c(c2C(=O)N2CCOCC2)CC[C@H](C)C3)n1. The van der Waals surface area contributed by atoms with Crippen LogP contribution < -0.4 is 5.32 Å². The van der Waals surface area contributed by atoms with Crippen molar-refractivity contribution in [2.24, 2.45) is 5.92 Å². The number of nitrogens with zero attached hydrogens (tertiary/aromatic N) is 3. The first kappa shape index (κ1) is 19.1. The van der Waals surface area contributed by atoms with Gasteiger partial charge in [0.2, 0.25) is 0 Å². The summed E-state index contributed by atoms with van der Waals surface area (Å²) in [4.78, 5) is 29.1. The van der Waals surface area contributed by atoms with E-state index in [9.17, 15) is 9.59 Å². The van der Waals surface area contributed by atoms with Gasteiger partial charge in [0.05, 0.1) is 18.8 Å². The predicted octanol–water partition coefficient (Wildman–Crippen LogP) is 2.81. The van der Waals surface area contributed by atoms with E-state index in [1.54, 1.807) is 28.3 Å². The fourth-order valence-electron chi connectivity index (χ4n) is 3.82. The van der Waals surface area contributed by atoms with Crippen LogP contribution in [0.2, 0.25) is 0 Å². The first-order chi connectivity index (χ1) is 13.6. The van der Waals surface area contributed by atoms with Crippen LogP contribution in [0.1, 0.15) is 51.6 Å². The molecular weight excluding hydrogens is 376 g/mol. The van der Waals surface area contributed by atoms with Crippen LogP contribution in [-0.4, -0.2) is 52.8 Å². The van der Waals surface area contributed by atoms with E-state index in [0.29, 0.717) is 55.0 Å². The molecule has 2 aliphatic rings. The van der Waals surface area contributed by atoms with Crippen molar-refractivity contribution in [3.8, 4) is 0 Å². The van der Waals surface area contributed by atoms with Crippen molar-refractivity contribution in [2.45, 2.75) is 39.7 Å².